The van der Waals surface area contributed by atoms with Gasteiger partial charge in [0.15, 0.2) is 0 Å². The van der Waals surface area contributed by atoms with Crippen LogP contribution in [0.5, 0.6) is 0 Å². The first kappa shape index (κ1) is 14.2. The van der Waals surface area contributed by atoms with Crippen molar-refractivity contribution in [3.05, 3.63) is 40.3 Å². The lowest BCUT2D eigenvalue weighted by atomic mass is 10.0. The molecule has 0 aliphatic carbocycles. The highest BCUT2D eigenvalue weighted by Gasteiger charge is 2.31. The van der Waals surface area contributed by atoms with E-state index in [1.807, 2.05) is 12.1 Å². The monoisotopic (exact) mass is 293 g/mol. The number of nitrogens with zero attached hydrogens (tertiary/aromatic N) is 1. The summed E-state index contributed by atoms with van der Waals surface area (Å²) in [4.78, 5) is 13.7. The van der Waals surface area contributed by atoms with Gasteiger partial charge < -0.3 is 5.11 Å². The van der Waals surface area contributed by atoms with Gasteiger partial charge in [0.1, 0.15) is 11.1 Å². The molecule has 1 amide bonds. The van der Waals surface area contributed by atoms with Gasteiger partial charge >= 0.3 is 0 Å². The van der Waals surface area contributed by atoms with Crippen LogP contribution >= 0.6 is 24.0 Å². The summed E-state index contributed by atoms with van der Waals surface area (Å²) in [6, 6.07) is 8.09. The number of benzene rings is 1. The zero-order valence-electron chi connectivity index (χ0n) is 10.8. The third-order valence-electron chi connectivity index (χ3n) is 2.92. The largest absolute Gasteiger partial charge is 0.376 e. The molecule has 0 saturated carbocycles. The first-order valence-corrected chi connectivity index (χ1v) is 7.21. The molecule has 1 aromatic rings. The van der Waals surface area contributed by atoms with E-state index in [9.17, 15) is 4.79 Å². The summed E-state index contributed by atoms with van der Waals surface area (Å²) in [5.74, 6) is 0.257. The van der Waals surface area contributed by atoms with Crippen molar-refractivity contribution in [3.63, 3.8) is 0 Å². The number of amides is 1. The highest BCUT2D eigenvalue weighted by molar-refractivity contribution is 8.26. The number of hydrogen-bond acceptors (Lipinski definition) is 4. The van der Waals surface area contributed by atoms with Crippen molar-refractivity contribution in [3.8, 4) is 0 Å². The summed E-state index contributed by atoms with van der Waals surface area (Å²) in [5.41, 5.74) is 2.22. The van der Waals surface area contributed by atoms with Crippen molar-refractivity contribution in [2.24, 2.45) is 0 Å². The minimum Gasteiger partial charge on any atom is -0.376 e. The van der Waals surface area contributed by atoms with Crippen molar-refractivity contribution in [1.29, 1.82) is 0 Å². The van der Waals surface area contributed by atoms with Gasteiger partial charge in [-0.2, -0.15) is 0 Å². The lowest BCUT2D eigenvalue weighted by molar-refractivity contribution is -0.124. The quantitative estimate of drug-likeness (QED) is 0.687. The molecule has 1 aliphatic heterocycles. The molecule has 19 heavy (non-hydrogen) atoms. The van der Waals surface area contributed by atoms with Crippen molar-refractivity contribution in [2.45, 2.75) is 19.8 Å². The standard InChI is InChI=1S/C14H15NO2S2/c1-9(2)11-5-3-10(4-6-11)7-12-13(17)15(8-16)14(18)19-12/h3-7,9,16H,8H2,1-2H3/b12-7-. The Kier molecular flexibility index (Phi) is 4.39. The van der Waals surface area contributed by atoms with Crippen LogP contribution in [-0.4, -0.2) is 27.0 Å². The maximum absolute atomic E-state index is 11.9. The minimum atomic E-state index is -0.367. The zero-order valence-corrected chi connectivity index (χ0v) is 12.4. The van der Waals surface area contributed by atoms with Crippen LogP contribution in [0, 0.1) is 0 Å². The summed E-state index contributed by atoms with van der Waals surface area (Å²) in [5, 5.41) is 9.07. The topological polar surface area (TPSA) is 40.5 Å². The Morgan fingerprint density at radius 1 is 1.37 bits per heavy atom. The fourth-order valence-electron chi connectivity index (χ4n) is 1.75. The average molecular weight is 293 g/mol. The Labute approximate surface area is 122 Å². The van der Waals surface area contributed by atoms with Crippen LogP contribution in [0.1, 0.15) is 30.9 Å². The number of aliphatic hydroxyl groups is 1. The van der Waals surface area contributed by atoms with Crippen molar-refractivity contribution < 1.29 is 9.90 Å². The maximum atomic E-state index is 11.9. The van der Waals surface area contributed by atoms with Crippen LogP contribution in [0.2, 0.25) is 0 Å². The lowest BCUT2D eigenvalue weighted by Gasteiger charge is -2.08. The van der Waals surface area contributed by atoms with E-state index in [2.05, 4.69) is 26.0 Å². The number of rotatable bonds is 3. The highest BCUT2D eigenvalue weighted by Crippen LogP contribution is 2.32. The van der Waals surface area contributed by atoms with Gasteiger partial charge in [0.2, 0.25) is 0 Å². The van der Waals surface area contributed by atoms with E-state index < -0.39 is 0 Å². The normalized spacial score (nSPS) is 17.9. The lowest BCUT2D eigenvalue weighted by Crippen LogP contribution is -2.28. The van der Waals surface area contributed by atoms with E-state index in [1.54, 1.807) is 6.08 Å². The van der Waals surface area contributed by atoms with E-state index in [0.717, 1.165) is 5.56 Å². The van der Waals surface area contributed by atoms with E-state index >= 15 is 0 Å². The van der Waals surface area contributed by atoms with Gasteiger partial charge in [-0.05, 0) is 23.1 Å². The molecule has 0 unspecified atom stereocenters. The molecule has 1 aliphatic rings. The van der Waals surface area contributed by atoms with E-state index in [4.69, 9.17) is 17.3 Å². The number of thiocarbonyl (C=S) groups is 1. The van der Waals surface area contributed by atoms with Gasteiger partial charge in [-0.25, -0.2) is 0 Å². The molecule has 1 fully saturated rings. The SMILES string of the molecule is CC(C)c1ccc(/C=C2\SC(=S)N(CO)C2=O)cc1. The third kappa shape index (κ3) is 3.05. The molecule has 1 heterocycles. The second kappa shape index (κ2) is 5.86. The molecule has 1 aromatic carbocycles. The van der Waals surface area contributed by atoms with E-state index in [-0.39, 0.29) is 12.6 Å². The van der Waals surface area contributed by atoms with Crippen LogP contribution in [0.4, 0.5) is 0 Å². The number of carbonyl (C=O) groups is 1. The predicted molar refractivity (Wildman–Crippen MR) is 82.6 cm³/mol. The molecular formula is C14H15NO2S2. The Morgan fingerprint density at radius 2 is 2.00 bits per heavy atom. The zero-order chi connectivity index (χ0) is 14.0. The number of aliphatic hydroxyl groups excluding tert-OH is 1. The average Bonchev–Trinajstić information content (AvgIpc) is 2.64. The number of carbonyl (C=O) groups excluding carboxylic acids is 1. The Hall–Kier alpha value is -1.17. The number of hydrogen-bond donors (Lipinski definition) is 1. The maximum Gasteiger partial charge on any atom is 0.268 e. The molecular weight excluding hydrogens is 278 g/mol. The molecule has 0 spiro atoms. The summed E-state index contributed by atoms with van der Waals surface area (Å²) < 4.78 is 0.401. The third-order valence-corrected chi connectivity index (χ3v) is 4.29. The van der Waals surface area contributed by atoms with Crippen molar-refractivity contribution in [1.82, 2.24) is 4.90 Å². The summed E-state index contributed by atoms with van der Waals surface area (Å²) in [7, 11) is 0. The van der Waals surface area contributed by atoms with Crippen molar-refractivity contribution in [2.75, 3.05) is 6.73 Å². The second-order valence-corrected chi connectivity index (χ2v) is 6.25. The second-order valence-electron chi connectivity index (χ2n) is 4.57. The van der Waals surface area contributed by atoms with Crippen molar-refractivity contribution >= 4 is 40.3 Å². The summed E-state index contributed by atoms with van der Waals surface area (Å²) in [6.07, 6.45) is 1.80. The van der Waals surface area contributed by atoms with Crippen LogP contribution in [0.15, 0.2) is 29.2 Å². The molecule has 5 heteroatoms. The fraction of sp³-hybridized carbons (Fsp3) is 0.286. The smallest absolute Gasteiger partial charge is 0.268 e. The Balaban J connectivity index is 2.22. The molecule has 1 saturated heterocycles. The van der Waals surface area contributed by atoms with E-state index in [0.29, 0.717) is 15.1 Å². The van der Waals surface area contributed by atoms with Crippen LogP contribution in [0.25, 0.3) is 6.08 Å². The van der Waals surface area contributed by atoms with Crippen LogP contribution in [0.3, 0.4) is 0 Å². The first-order valence-electron chi connectivity index (χ1n) is 5.99. The molecule has 0 bridgehead atoms. The first-order chi connectivity index (χ1) is 9.02. The minimum absolute atomic E-state index is 0.231. The van der Waals surface area contributed by atoms with Gasteiger partial charge in [0.05, 0.1) is 4.91 Å². The van der Waals surface area contributed by atoms with Gasteiger partial charge in [-0.1, -0.05) is 62.1 Å². The summed E-state index contributed by atoms with van der Waals surface area (Å²) in [6.45, 7) is 3.91. The summed E-state index contributed by atoms with van der Waals surface area (Å²) >= 11 is 6.25. The molecule has 1 N–H and O–H groups in total. The van der Waals surface area contributed by atoms with Gasteiger partial charge in [-0.3, -0.25) is 9.69 Å². The van der Waals surface area contributed by atoms with Crippen LogP contribution in [-0.2, 0) is 4.79 Å². The molecule has 0 aromatic heterocycles. The van der Waals surface area contributed by atoms with Gasteiger partial charge in [0.25, 0.3) is 5.91 Å². The molecule has 0 atom stereocenters. The highest BCUT2D eigenvalue weighted by atomic mass is 32.2. The Morgan fingerprint density at radius 3 is 2.47 bits per heavy atom. The fourth-order valence-corrected chi connectivity index (χ4v) is 2.99. The molecule has 100 valence electrons. The Bertz CT molecular complexity index is 535. The van der Waals surface area contributed by atoms with Gasteiger partial charge in [0, 0.05) is 0 Å². The van der Waals surface area contributed by atoms with Crippen LogP contribution < -0.4 is 0 Å². The molecule has 3 nitrogen and oxygen atoms in total. The predicted octanol–water partition coefficient (Wildman–Crippen LogP) is 2.96. The van der Waals surface area contributed by atoms with Gasteiger partial charge in [-0.15, -0.1) is 0 Å². The molecule has 0 radical (unpaired) electrons. The number of thioether (sulfide) groups is 1. The molecule has 2 rings (SSSR count). The van der Waals surface area contributed by atoms with E-state index in [1.165, 1.54) is 22.2 Å².